The Hall–Kier alpha value is -2.53. The van der Waals surface area contributed by atoms with Gasteiger partial charge in [-0.15, -0.1) is 0 Å². The third-order valence-corrected chi connectivity index (χ3v) is 4.90. The lowest BCUT2D eigenvalue weighted by Gasteiger charge is -2.11. The lowest BCUT2D eigenvalue weighted by molar-refractivity contribution is -0.113. The van der Waals surface area contributed by atoms with Crippen LogP contribution in [0.1, 0.15) is 12.5 Å². The summed E-state index contributed by atoms with van der Waals surface area (Å²) in [7, 11) is 1.59. The monoisotopic (exact) mass is 352 g/mol. The zero-order valence-corrected chi connectivity index (χ0v) is 15.1. The molecule has 0 aliphatic carbocycles. The first-order chi connectivity index (χ1) is 12.2. The highest BCUT2D eigenvalue weighted by molar-refractivity contribution is 8.00. The van der Waals surface area contributed by atoms with Crippen molar-refractivity contribution in [3.63, 3.8) is 0 Å². The summed E-state index contributed by atoms with van der Waals surface area (Å²) in [5.41, 5.74) is 2.79. The fourth-order valence-corrected chi connectivity index (χ4v) is 3.48. The van der Waals surface area contributed by atoms with Gasteiger partial charge in [-0.1, -0.05) is 49.0 Å². The third-order valence-electron chi connectivity index (χ3n) is 3.87. The highest BCUT2D eigenvalue weighted by Gasteiger charge is 2.11. The van der Waals surface area contributed by atoms with E-state index in [9.17, 15) is 4.79 Å². The van der Waals surface area contributed by atoms with Crippen molar-refractivity contribution in [3.8, 4) is 5.75 Å². The second kappa shape index (κ2) is 8.03. The van der Waals surface area contributed by atoms with Gasteiger partial charge in [0.25, 0.3) is 0 Å². The van der Waals surface area contributed by atoms with Crippen LogP contribution in [0.3, 0.4) is 0 Å². The summed E-state index contributed by atoms with van der Waals surface area (Å²) < 4.78 is 5.26. The molecular formula is C20H20N2O2S. The Kier molecular flexibility index (Phi) is 5.56. The van der Waals surface area contributed by atoms with E-state index in [1.54, 1.807) is 7.11 Å². The van der Waals surface area contributed by atoms with Gasteiger partial charge in [0.05, 0.1) is 24.1 Å². The molecule has 3 rings (SSSR count). The van der Waals surface area contributed by atoms with Crippen LogP contribution in [0.4, 0.5) is 5.69 Å². The smallest absolute Gasteiger partial charge is 0.234 e. The van der Waals surface area contributed by atoms with Crippen LogP contribution in [0, 0.1) is 0 Å². The number of aromatic nitrogens is 1. The van der Waals surface area contributed by atoms with Crippen molar-refractivity contribution in [1.82, 2.24) is 4.98 Å². The van der Waals surface area contributed by atoms with Gasteiger partial charge in [0.2, 0.25) is 5.91 Å². The Morgan fingerprint density at radius 2 is 1.92 bits per heavy atom. The van der Waals surface area contributed by atoms with Crippen LogP contribution in [0.25, 0.3) is 10.9 Å². The van der Waals surface area contributed by atoms with E-state index < -0.39 is 0 Å². The molecule has 1 heterocycles. The molecule has 128 valence electrons. The average Bonchev–Trinajstić information content (AvgIpc) is 2.66. The minimum atomic E-state index is -0.0773. The molecule has 1 N–H and O–H groups in total. The maximum absolute atomic E-state index is 12.3. The number of hydrogen-bond acceptors (Lipinski definition) is 4. The second-order valence-corrected chi connectivity index (χ2v) is 6.50. The fraction of sp³-hybridized carbons (Fsp3) is 0.200. The van der Waals surface area contributed by atoms with E-state index in [-0.39, 0.29) is 5.91 Å². The van der Waals surface area contributed by atoms with Gasteiger partial charge in [-0.25, -0.2) is 4.98 Å². The fourth-order valence-electron chi connectivity index (χ4n) is 2.59. The summed E-state index contributed by atoms with van der Waals surface area (Å²) in [6, 6.07) is 17.6. The van der Waals surface area contributed by atoms with Crippen molar-refractivity contribution >= 4 is 34.3 Å². The van der Waals surface area contributed by atoms with Crippen molar-refractivity contribution in [2.45, 2.75) is 18.4 Å². The molecule has 0 unspecified atom stereocenters. The summed E-state index contributed by atoms with van der Waals surface area (Å²) >= 11 is 1.46. The number of fused-ring (bicyclic) bond motifs is 1. The van der Waals surface area contributed by atoms with E-state index in [1.165, 1.54) is 11.8 Å². The Labute approximate surface area is 151 Å². The van der Waals surface area contributed by atoms with Crippen LogP contribution in [-0.2, 0) is 11.2 Å². The molecule has 1 aromatic heterocycles. The Morgan fingerprint density at radius 3 is 2.72 bits per heavy atom. The highest BCUT2D eigenvalue weighted by Crippen LogP contribution is 2.27. The van der Waals surface area contributed by atoms with E-state index in [4.69, 9.17) is 9.72 Å². The first-order valence-corrected chi connectivity index (χ1v) is 9.14. The Bertz CT molecular complexity index is 896. The number of pyridine rings is 1. The summed E-state index contributed by atoms with van der Waals surface area (Å²) in [6.07, 6.45) is 0.883. The number of thioether (sulfide) groups is 1. The standard InChI is InChI=1S/C20H20N2O2S/c1-3-14-12-15-8-4-5-9-16(15)22-20(14)25-13-19(23)21-17-10-6-7-11-18(17)24-2/h4-12H,3,13H2,1-2H3,(H,21,23). The van der Waals surface area contributed by atoms with Gasteiger partial charge in [-0.05, 0) is 36.2 Å². The van der Waals surface area contributed by atoms with Gasteiger partial charge in [0.15, 0.2) is 0 Å². The topological polar surface area (TPSA) is 51.2 Å². The van der Waals surface area contributed by atoms with Crippen LogP contribution in [0.2, 0.25) is 0 Å². The van der Waals surface area contributed by atoms with Gasteiger partial charge in [-0.2, -0.15) is 0 Å². The predicted molar refractivity (Wildman–Crippen MR) is 103 cm³/mol. The van der Waals surface area contributed by atoms with Gasteiger partial charge < -0.3 is 10.1 Å². The molecule has 0 saturated heterocycles. The van der Waals surface area contributed by atoms with E-state index in [2.05, 4.69) is 24.4 Å². The largest absolute Gasteiger partial charge is 0.495 e. The van der Waals surface area contributed by atoms with Gasteiger partial charge in [0, 0.05) is 5.39 Å². The number of carbonyl (C=O) groups is 1. The van der Waals surface area contributed by atoms with Crippen molar-refractivity contribution < 1.29 is 9.53 Å². The molecule has 25 heavy (non-hydrogen) atoms. The normalized spacial score (nSPS) is 10.6. The number of benzene rings is 2. The summed E-state index contributed by atoms with van der Waals surface area (Å²) in [5.74, 6) is 0.876. The Morgan fingerprint density at radius 1 is 1.16 bits per heavy atom. The summed E-state index contributed by atoms with van der Waals surface area (Å²) in [6.45, 7) is 2.10. The number of nitrogens with zero attached hydrogens (tertiary/aromatic N) is 1. The summed E-state index contributed by atoms with van der Waals surface area (Å²) in [5, 5.41) is 4.93. The number of para-hydroxylation sites is 3. The van der Waals surface area contributed by atoms with Crippen molar-refractivity contribution in [1.29, 1.82) is 0 Å². The minimum absolute atomic E-state index is 0.0773. The number of methoxy groups -OCH3 is 1. The molecule has 0 spiro atoms. The number of anilines is 1. The van der Waals surface area contributed by atoms with Crippen LogP contribution in [0.5, 0.6) is 5.75 Å². The molecule has 0 radical (unpaired) electrons. The molecule has 0 fully saturated rings. The van der Waals surface area contributed by atoms with Crippen molar-refractivity contribution in [3.05, 3.63) is 60.2 Å². The molecule has 0 aliphatic rings. The molecule has 0 atom stereocenters. The average molecular weight is 352 g/mol. The minimum Gasteiger partial charge on any atom is -0.495 e. The zero-order valence-electron chi connectivity index (χ0n) is 14.3. The molecular weight excluding hydrogens is 332 g/mol. The molecule has 0 aliphatic heterocycles. The molecule has 0 bridgehead atoms. The highest BCUT2D eigenvalue weighted by atomic mass is 32.2. The van der Waals surface area contributed by atoms with Crippen LogP contribution >= 0.6 is 11.8 Å². The number of nitrogens with one attached hydrogen (secondary N) is 1. The van der Waals surface area contributed by atoms with Gasteiger partial charge >= 0.3 is 0 Å². The van der Waals surface area contributed by atoms with Crippen molar-refractivity contribution in [2.75, 3.05) is 18.2 Å². The van der Waals surface area contributed by atoms with E-state index in [0.717, 1.165) is 27.9 Å². The number of amides is 1. The molecule has 1 amide bonds. The van der Waals surface area contributed by atoms with Crippen molar-refractivity contribution in [2.24, 2.45) is 0 Å². The van der Waals surface area contributed by atoms with Crippen LogP contribution in [-0.4, -0.2) is 23.8 Å². The second-order valence-electron chi connectivity index (χ2n) is 5.54. The SMILES string of the molecule is CCc1cc2ccccc2nc1SCC(=O)Nc1ccccc1OC. The number of ether oxygens (including phenoxy) is 1. The number of carbonyl (C=O) groups excluding carboxylic acids is 1. The predicted octanol–water partition coefficient (Wildman–Crippen LogP) is 4.54. The number of rotatable bonds is 6. The lowest BCUT2D eigenvalue weighted by atomic mass is 10.1. The van der Waals surface area contributed by atoms with Crippen LogP contribution in [0.15, 0.2) is 59.6 Å². The quantitative estimate of drug-likeness (QED) is 0.662. The van der Waals surface area contributed by atoms with E-state index in [1.807, 2.05) is 42.5 Å². The van der Waals surface area contributed by atoms with E-state index >= 15 is 0 Å². The summed E-state index contributed by atoms with van der Waals surface area (Å²) in [4.78, 5) is 17.0. The number of hydrogen-bond donors (Lipinski definition) is 1. The molecule has 0 saturated carbocycles. The first-order valence-electron chi connectivity index (χ1n) is 8.15. The lowest BCUT2D eigenvalue weighted by Crippen LogP contribution is -2.15. The first kappa shape index (κ1) is 17.3. The molecule has 2 aromatic carbocycles. The zero-order chi connectivity index (χ0) is 17.6. The molecule has 3 aromatic rings. The van der Waals surface area contributed by atoms with Gasteiger partial charge in [-0.3, -0.25) is 4.79 Å². The molecule has 5 heteroatoms. The Balaban J connectivity index is 1.72. The van der Waals surface area contributed by atoms with Gasteiger partial charge in [0.1, 0.15) is 10.8 Å². The third kappa shape index (κ3) is 4.12. The van der Waals surface area contributed by atoms with Crippen LogP contribution < -0.4 is 10.1 Å². The van der Waals surface area contributed by atoms with E-state index in [0.29, 0.717) is 17.2 Å². The number of aryl methyl sites for hydroxylation is 1. The maximum Gasteiger partial charge on any atom is 0.234 e. The molecule has 4 nitrogen and oxygen atoms in total. The maximum atomic E-state index is 12.3.